The molecule has 4 rings (SSSR count). The number of nitrogens with one attached hydrogen (secondary N) is 1. The van der Waals surface area contributed by atoms with E-state index >= 15 is 0 Å². The summed E-state index contributed by atoms with van der Waals surface area (Å²) in [6.45, 7) is 0. The van der Waals surface area contributed by atoms with Crippen molar-refractivity contribution in [3.63, 3.8) is 0 Å². The number of hydrogen-bond acceptors (Lipinski definition) is 6. The molecule has 120 valence electrons. The molecular weight excluding hydrogens is 314 g/mol. The first-order valence-corrected chi connectivity index (χ1v) is 7.59. The fourth-order valence-electron chi connectivity index (χ4n) is 2.51. The summed E-state index contributed by atoms with van der Waals surface area (Å²) < 4.78 is 1.48. The minimum absolute atomic E-state index is 0.225. The molecule has 3 N–H and O–H groups in total. The largest absolute Gasteiger partial charge is 0.368 e. The molecule has 7 nitrogen and oxygen atoms in total. The van der Waals surface area contributed by atoms with Crippen molar-refractivity contribution in [1.82, 2.24) is 19.6 Å². The molecule has 2 heterocycles. The van der Waals surface area contributed by atoms with Gasteiger partial charge in [-0.2, -0.15) is 14.8 Å². The number of nitrogens with zero attached hydrogens (tertiary/aromatic N) is 5. The van der Waals surface area contributed by atoms with Crippen LogP contribution in [0.5, 0.6) is 0 Å². The second-order valence-electron chi connectivity index (χ2n) is 5.39. The molecule has 0 aliphatic heterocycles. The Bertz CT molecular complexity index is 1090. The summed E-state index contributed by atoms with van der Waals surface area (Å²) in [5.74, 6) is 0.658. The summed E-state index contributed by atoms with van der Waals surface area (Å²) in [5.41, 5.74) is 9.48. The van der Waals surface area contributed by atoms with Gasteiger partial charge in [-0.05, 0) is 24.3 Å². The molecule has 0 fully saturated rings. The van der Waals surface area contributed by atoms with Gasteiger partial charge in [0, 0.05) is 17.3 Å². The van der Waals surface area contributed by atoms with Crippen LogP contribution in [0.2, 0.25) is 0 Å². The first kappa shape index (κ1) is 14.7. The summed E-state index contributed by atoms with van der Waals surface area (Å²) in [6, 6.07) is 20.7. The van der Waals surface area contributed by atoms with E-state index in [2.05, 4.69) is 26.5 Å². The van der Waals surface area contributed by atoms with E-state index in [0.29, 0.717) is 22.9 Å². The van der Waals surface area contributed by atoms with Crippen molar-refractivity contribution in [1.29, 1.82) is 5.26 Å². The van der Waals surface area contributed by atoms with Crippen molar-refractivity contribution in [2.24, 2.45) is 0 Å². The topological polar surface area (TPSA) is 105 Å². The van der Waals surface area contributed by atoms with Crippen molar-refractivity contribution in [3.05, 3.63) is 66.2 Å². The van der Waals surface area contributed by atoms with Crippen molar-refractivity contribution in [3.8, 4) is 17.3 Å². The van der Waals surface area contributed by atoms with E-state index in [0.717, 1.165) is 11.3 Å². The highest BCUT2D eigenvalue weighted by Crippen LogP contribution is 2.22. The van der Waals surface area contributed by atoms with Crippen LogP contribution < -0.4 is 11.1 Å². The van der Waals surface area contributed by atoms with E-state index in [1.54, 1.807) is 18.2 Å². The van der Waals surface area contributed by atoms with Gasteiger partial charge in [-0.25, -0.2) is 4.98 Å². The van der Waals surface area contributed by atoms with Gasteiger partial charge in [-0.1, -0.05) is 30.3 Å². The molecule has 0 unspecified atom stereocenters. The second-order valence-corrected chi connectivity index (χ2v) is 5.39. The maximum Gasteiger partial charge on any atom is 0.247 e. The third-order valence-corrected chi connectivity index (χ3v) is 3.67. The fraction of sp³-hybridized carbons (Fsp3) is 0. The molecule has 0 saturated carbocycles. The van der Waals surface area contributed by atoms with E-state index < -0.39 is 0 Å². The Morgan fingerprint density at radius 2 is 1.84 bits per heavy atom. The molecule has 0 radical (unpaired) electrons. The van der Waals surface area contributed by atoms with E-state index in [1.165, 1.54) is 4.52 Å². The smallest absolute Gasteiger partial charge is 0.247 e. The molecule has 0 spiro atoms. The predicted molar refractivity (Wildman–Crippen MR) is 95.1 cm³/mol. The molecule has 7 heteroatoms. The Balaban J connectivity index is 1.75. The lowest BCUT2D eigenvalue weighted by Crippen LogP contribution is -2.03. The average Bonchev–Trinajstić information content (AvgIpc) is 3.05. The van der Waals surface area contributed by atoms with Gasteiger partial charge >= 0.3 is 0 Å². The molecule has 0 atom stereocenters. The lowest BCUT2D eigenvalue weighted by atomic mass is 10.1. The first-order valence-electron chi connectivity index (χ1n) is 7.59. The number of benzene rings is 2. The molecule has 2 aromatic heterocycles. The van der Waals surface area contributed by atoms with Crippen LogP contribution in [0.3, 0.4) is 0 Å². The lowest BCUT2D eigenvalue weighted by Gasteiger charge is -2.03. The minimum Gasteiger partial charge on any atom is -0.368 e. The number of aromatic nitrogens is 4. The Morgan fingerprint density at radius 3 is 2.64 bits per heavy atom. The number of anilines is 3. The van der Waals surface area contributed by atoms with Crippen LogP contribution >= 0.6 is 0 Å². The molecule has 4 aromatic rings. The molecule has 0 saturated heterocycles. The van der Waals surface area contributed by atoms with Gasteiger partial charge in [0.1, 0.15) is 0 Å². The molecule has 0 bridgehead atoms. The fourth-order valence-corrected chi connectivity index (χ4v) is 2.51. The quantitative estimate of drug-likeness (QED) is 0.599. The zero-order chi connectivity index (χ0) is 17.2. The van der Waals surface area contributed by atoms with Gasteiger partial charge in [0.15, 0.2) is 5.65 Å². The zero-order valence-corrected chi connectivity index (χ0v) is 13.1. The highest BCUT2D eigenvalue weighted by atomic mass is 15.4. The van der Waals surface area contributed by atoms with Gasteiger partial charge < -0.3 is 11.1 Å². The summed E-state index contributed by atoms with van der Waals surface area (Å²) >= 11 is 0. The van der Waals surface area contributed by atoms with Crippen LogP contribution in [-0.2, 0) is 0 Å². The predicted octanol–water partition coefficient (Wildman–Crippen LogP) is 2.99. The number of fused-ring (bicyclic) bond motifs is 1. The summed E-state index contributed by atoms with van der Waals surface area (Å²) in [7, 11) is 0. The molecule has 2 aromatic carbocycles. The van der Waals surface area contributed by atoms with Gasteiger partial charge in [-0.3, -0.25) is 0 Å². The third kappa shape index (κ3) is 2.84. The molecular formula is C18H13N7. The van der Waals surface area contributed by atoms with Crippen molar-refractivity contribution >= 4 is 23.2 Å². The normalized spacial score (nSPS) is 10.5. The first-order chi connectivity index (χ1) is 12.2. The van der Waals surface area contributed by atoms with Crippen molar-refractivity contribution in [2.45, 2.75) is 0 Å². The van der Waals surface area contributed by atoms with Crippen LogP contribution in [0, 0.1) is 11.3 Å². The number of nitrogen functional groups attached to an aromatic ring is 1. The van der Waals surface area contributed by atoms with E-state index in [1.807, 2.05) is 42.5 Å². The summed E-state index contributed by atoms with van der Waals surface area (Å²) in [6.07, 6.45) is 0. The van der Waals surface area contributed by atoms with Gasteiger partial charge in [0.25, 0.3) is 0 Å². The monoisotopic (exact) mass is 327 g/mol. The summed E-state index contributed by atoms with van der Waals surface area (Å²) in [4.78, 5) is 8.82. The van der Waals surface area contributed by atoms with Crippen LogP contribution in [-0.4, -0.2) is 19.6 Å². The SMILES string of the molecule is N#Cc1cccc(-c2cc3nc(Nc4ccccc4)nn3c(N)n2)c1. The highest BCUT2D eigenvalue weighted by Gasteiger charge is 2.11. The van der Waals surface area contributed by atoms with Crippen LogP contribution in [0.25, 0.3) is 16.9 Å². The highest BCUT2D eigenvalue weighted by molar-refractivity contribution is 5.67. The minimum atomic E-state index is 0.225. The summed E-state index contributed by atoms with van der Waals surface area (Å²) in [5, 5.41) is 16.5. The Labute approximate surface area is 143 Å². The lowest BCUT2D eigenvalue weighted by molar-refractivity contribution is 0.944. The average molecular weight is 327 g/mol. The molecule has 25 heavy (non-hydrogen) atoms. The van der Waals surface area contributed by atoms with Gasteiger partial charge in [0.2, 0.25) is 11.9 Å². The van der Waals surface area contributed by atoms with Crippen molar-refractivity contribution in [2.75, 3.05) is 11.1 Å². The van der Waals surface area contributed by atoms with E-state index in [4.69, 9.17) is 11.0 Å². The van der Waals surface area contributed by atoms with Gasteiger partial charge in [-0.15, -0.1) is 5.10 Å². The van der Waals surface area contributed by atoms with Crippen LogP contribution in [0.15, 0.2) is 60.7 Å². The maximum atomic E-state index is 9.05. The van der Waals surface area contributed by atoms with Crippen LogP contribution in [0.1, 0.15) is 5.56 Å². The standard InChI is InChI=1S/C18H13N7/c19-11-12-5-4-6-13(9-12)15-10-16-23-18(24-25(16)17(20)22-15)21-14-7-2-1-3-8-14/h1-10H,(H2,20,22)(H,21,24). The Morgan fingerprint density at radius 1 is 1.00 bits per heavy atom. The Kier molecular flexibility index (Phi) is 3.48. The molecule has 0 aliphatic rings. The maximum absolute atomic E-state index is 9.05. The van der Waals surface area contributed by atoms with Crippen LogP contribution in [0.4, 0.5) is 17.6 Å². The van der Waals surface area contributed by atoms with Crippen molar-refractivity contribution < 1.29 is 0 Å². The number of nitrogens with two attached hydrogens (primary N) is 1. The number of hydrogen-bond donors (Lipinski definition) is 2. The van der Waals surface area contributed by atoms with E-state index in [9.17, 15) is 0 Å². The van der Waals surface area contributed by atoms with E-state index in [-0.39, 0.29) is 5.95 Å². The third-order valence-electron chi connectivity index (χ3n) is 3.67. The second kappa shape index (κ2) is 5.94. The number of rotatable bonds is 3. The zero-order valence-electron chi connectivity index (χ0n) is 13.1. The molecule has 0 aliphatic carbocycles. The van der Waals surface area contributed by atoms with Gasteiger partial charge in [0.05, 0.1) is 17.3 Å². The number of nitriles is 1. The number of para-hydroxylation sites is 1. The molecule has 0 amide bonds. The Hall–Kier alpha value is -3.92.